The van der Waals surface area contributed by atoms with E-state index in [0.29, 0.717) is 5.65 Å². The Morgan fingerprint density at radius 1 is 1.60 bits per heavy atom. The number of hydrogen-bond acceptors (Lipinski definition) is 3. The minimum atomic E-state index is 0.0185. The Balaban J connectivity index is 3.28. The number of hydrogen-bond donors (Lipinski definition) is 1. The summed E-state index contributed by atoms with van der Waals surface area (Å²) < 4.78 is 6.10. The SMILES string of the molecule is C=c1ccc2noc(=N)n12. The number of nitrogens with zero attached hydrogens (tertiary/aromatic N) is 2. The first-order valence-electron chi connectivity index (χ1n) is 2.80. The zero-order valence-electron chi connectivity index (χ0n) is 5.16. The van der Waals surface area contributed by atoms with Crippen molar-refractivity contribution in [2.24, 2.45) is 0 Å². The molecule has 2 aromatic rings. The van der Waals surface area contributed by atoms with Crippen molar-refractivity contribution in [2.75, 3.05) is 0 Å². The molecule has 0 aliphatic rings. The van der Waals surface area contributed by atoms with Crippen LogP contribution in [0.15, 0.2) is 16.7 Å². The van der Waals surface area contributed by atoms with E-state index in [0.717, 1.165) is 5.35 Å². The van der Waals surface area contributed by atoms with E-state index in [1.807, 2.05) is 0 Å². The first-order chi connectivity index (χ1) is 4.79. The number of rotatable bonds is 0. The van der Waals surface area contributed by atoms with Crippen molar-refractivity contribution in [3.63, 3.8) is 0 Å². The highest BCUT2D eigenvalue weighted by Crippen LogP contribution is 1.88. The Morgan fingerprint density at radius 3 is 3.10 bits per heavy atom. The van der Waals surface area contributed by atoms with Crippen molar-refractivity contribution < 1.29 is 4.52 Å². The van der Waals surface area contributed by atoms with Crippen molar-refractivity contribution in [1.29, 1.82) is 5.41 Å². The summed E-state index contributed by atoms with van der Waals surface area (Å²) in [6.45, 7) is 3.68. The maximum Gasteiger partial charge on any atom is 0.325 e. The van der Waals surface area contributed by atoms with Crippen LogP contribution in [0.3, 0.4) is 0 Å². The number of nitrogens with one attached hydrogen (secondary N) is 1. The van der Waals surface area contributed by atoms with Gasteiger partial charge in [-0.25, -0.2) is 9.81 Å². The van der Waals surface area contributed by atoms with E-state index >= 15 is 0 Å². The first-order valence-corrected chi connectivity index (χ1v) is 2.80. The lowest BCUT2D eigenvalue weighted by atomic mass is 10.6. The summed E-state index contributed by atoms with van der Waals surface area (Å²) in [7, 11) is 0. The van der Waals surface area contributed by atoms with E-state index in [1.165, 1.54) is 4.40 Å². The van der Waals surface area contributed by atoms with Gasteiger partial charge in [0.15, 0.2) is 5.65 Å². The average molecular weight is 135 g/mol. The third kappa shape index (κ3) is 0.452. The molecule has 0 aromatic carbocycles. The quantitative estimate of drug-likeness (QED) is 0.531. The van der Waals surface area contributed by atoms with Gasteiger partial charge in [-0.15, -0.1) is 0 Å². The lowest BCUT2D eigenvalue weighted by molar-refractivity contribution is 0.368. The Bertz CT molecular complexity index is 413. The Hall–Kier alpha value is -1.58. The molecule has 0 saturated carbocycles. The highest BCUT2D eigenvalue weighted by Gasteiger charge is 1.98. The van der Waals surface area contributed by atoms with Gasteiger partial charge in [-0.3, -0.25) is 0 Å². The van der Waals surface area contributed by atoms with Crippen LogP contribution in [0.1, 0.15) is 0 Å². The van der Waals surface area contributed by atoms with Gasteiger partial charge in [0.2, 0.25) is 0 Å². The molecule has 0 aliphatic carbocycles. The fourth-order valence-corrected chi connectivity index (χ4v) is 0.903. The fraction of sp³-hybridized carbons (Fsp3) is 0. The van der Waals surface area contributed by atoms with Gasteiger partial charge in [0.05, 0.1) is 0 Å². The van der Waals surface area contributed by atoms with Crippen LogP contribution >= 0.6 is 0 Å². The second kappa shape index (κ2) is 1.47. The summed E-state index contributed by atoms with van der Waals surface area (Å²) >= 11 is 0. The summed E-state index contributed by atoms with van der Waals surface area (Å²) in [4.78, 5) is 0. The topological polar surface area (TPSA) is 54.3 Å². The third-order valence-electron chi connectivity index (χ3n) is 1.37. The van der Waals surface area contributed by atoms with E-state index in [9.17, 15) is 0 Å². The monoisotopic (exact) mass is 135 g/mol. The lowest BCUT2D eigenvalue weighted by Crippen LogP contribution is -2.17. The molecule has 2 rings (SSSR count). The molecule has 0 bridgehead atoms. The molecule has 2 aromatic heterocycles. The van der Waals surface area contributed by atoms with Crippen molar-refractivity contribution in [3.05, 3.63) is 23.2 Å². The molecule has 0 spiro atoms. The molecule has 0 radical (unpaired) electrons. The van der Waals surface area contributed by atoms with Crippen LogP contribution in [-0.2, 0) is 0 Å². The predicted octanol–water partition coefficient (Wildman–Crippen LogP) is -0.464. The summed E-state index contributed by atoms with van der Waals surface area (Å²) in [5, 5.41) is 11.5. The molecule has 10 heavy (non-hydrogen) atoms. The van der Waals surface area contributed by atoms with Crippen LogP contribution in [0.2, 0.25) is 0 Å². The van der Waals surface area contributed by atoms with Gasteiger partial charge in [0.25, 0.3) is 0 Å². The second-order valence-corrected chi connectivity index (χ2v) is 2.01. The zero-order chi connectivity index (χ0) is 7.14. The Kier molecular flexibility index (Phi) is 0.768. The van der Waals surface area contributed by atoms with Gasteiger partial charge >= 0.3 is 5.68 Å². The lowest BCUT2D eigenvalue weighted by Gasteiger charge is -1.74. The molecule has 0 amide bonds. The van der Waals surface area contributed by atoms with Crippen LogP contribution in [0.25, 0.3) is 12.2 Å². The van der Waals surface area contributed by atoms with Crippen LogP contribution in [0.4, 0.5) is 0 Å². The molecule has 0 atom stereocenters. The van der Waals surface area contributed by atoms with E-state index in [4.69, 9.17) is 5.41 Å². The standard InChI is InChI=1S/C6H5N3O/c1-4-2-3-5-8-10-6(7)9(4)5/h2-3,7H,1H2. The molecule has 1 N–H and O–H groups in total. The number of fused-ring (bicyclic) bond motifs is 1. The van der Waals surface area contributed by atoms with E-state index in [1.54, 1.807) is 12.1 Å². The third-order valence-corrected chi connectivity index (χ3v) is 1.37. The van der Waals surface area contributed by atoms with Crippen molar-refractivity contribution in [3.8, 4) is 0 Å². The van der Waals surface area contributed by atoms with Gasteiger partial charge < -0.3 is 4.52 Å². The van der Waals surface area contributed by atoms with Crippen molar-refractivity contribution >= 4 is 12.2 Å². The molecule has 2 heterocycles. The fourth-order valence-electron chi connectivity index (χ4n) is 0.903. The average Bonchev–Trinajstić information content (AvgIpc) is 2.40. The van der Waals surface area contributed by atoms with Crippen LogP contribution in [0, 0.1) is 5.41 Å². The second-order valence-electron chi connectivity index (χ2n) is 2.01. The predicted molar refractivity (Wildman–Crippen MR) is 34.1 cm³/mol. The molecule has 50 valence electrons. The minimum Gasteiger partial charge on any atom is -0.315 e. The summed E-state index contributed by atoms with van der Waals surface area (Å²) in [5.74, 6) is 0. The Labute approximate surface area is 55.9 Å². The van der Waals surface area contributed by atoms with Crippen LogP contribution in [-0.4, -0.2) is 9.56 Å². The minimum absolute atomic E-state index is 0.0185. The maximum atomic E-state index is 7.20. The van der Waals surface area contributed by atoms with Gasteiger partial charge in [-0.1, -0.05) is 11.7 Å². The van der Waals surface area contributed by atoms with Gasteiger partial charge in [-0.2, -0.15) is 0 Å². The molecule has 0 aliphatic heterocycles. The first kappa shape index (κ1) is 5.22. The zero-order valence-corrected chi connectivity index (χ0v) is 5.16. The molecular formula is C6H5N3O. The largest absolute Gasteiger partial charge is 0.325 e. The highest BCUT2D eigenvalue weighted by atomic mass is 16.5. The van der Waals surface area contributed by atoms with Crippen LogP contribution in [0.5, 0.6) is 0 Å². The molecule has 4 heteroatoms. The van der Waals surface area contributed by atoms with Gasteiger partial charge in [-0.05, 0) is 12.1 Å². The molecular weight excluding hydrogens is 130 g/mol. The molecule has 0 saturated heterocycles. The number of aromatic nitrogens is 2. The highest BCUT2D eigenvalue weighted by molar-refractivity contribution is 5.36. The summed E-state index contributed by atoms with van der Waals surface area (Å²) in [6.07, 6.45) is 0. The molecule has 4 nitrogen and oxygen atoms in total. The smallest absolute Gasteiger partial charge is 0.315 e. The van der Waals surface area contributed by atoms with Gasteiger partial charge in [0, 0.05) is 5.35 Å². The van der Waals surface area contributed by atoms with E-state index < -0.39 is 0 Å². The normalized spacial score (nSPS) is 10.8. The van der Waals surface area contributed by atoms with Crippen molar-refractivity contribution in [2.45, 2.75) is 0 Å². The summed E-state index contributed by atoms with van der Waals surface area (Å²) in [5.41, 5.74) is 0.653. The Morgan fingerprint density at radius 2 is 2.40 bits per heavy atom. The molecule has 0 unspecified atom stereocenters. The van der Waals surface area contributed by atoms with E-state index in [2.05, 4.69) is 16.3 Å². The molecule has 0 fully saturated rings. The summed E-state index contributed by atoms with van der Waals surface area (Å²) in [6, 6.07) is 3.54. The van der Waals surface area contributed by atoms with Gasteiger partial charge in [0.1, 0.15) is 0 Å². The van der Waals surface area contributed by atoms with Crippen LogP contribution < -0.4 is 11.0 Å². The van der Waals surface area contributed by atoms with Crippen molar-refractivity contribution in [1.82, 2.24) is 9.56 Å². The van der Waals surface area contributed by atoms with E-state index in [-0.39, 0.29) is 5.68 Å². The maximum absolute atomic E-state index is 7.20.